The molecule has 0 saturated carbocycles. The van der Waals surface area contributed by atoms with Gasteiger partial charge in [0, 0.05) is 25.7 Å². The van der Waals surface area contributed by atoms with Gasteiger partial charge in [-0.05, 0) is 45.1 Å². The van der Waals surface area contributed by atoms with Crippen LogP contribution >= 0.6 is 24.8 Å². The fourth-order valence-corrected chi connectivity index (χ4v) is 4.04. The lowest BCUT2D eigenvalue weighted by atomic mass is 9.76. The molecule has 4 heterocycles. The summed E-state index contributed by atoms with van der Waals surface area (Å²) in [6, 6.07) is 6.01. The molecule has 1 unspecified atom stereocenters. The van der Waals surface area contributed by atoms with Crippen LogP contribution in [0.2, 0.25) is 0 Å². The zero-order chi connectivity index (χ0) is 16.6. The molecule has 0 aromatic carbocycles. The molecule has 144 valence electrons. The van der Waals surface area contributed by atoms with E-state index in [1.165, 1.54) is 0 Å². The molecule has 0 bridgehead atoms. The minimum atomic E-state index is -0.236. The quantitative estimate of drug-likeness (QED) is 0.797. The van der Waals surface area contributed by atoms with Gasteiger partial charge >= 0.3 is 5.97 Å². The van der Waals surface area contributed by atoms with Crippen molar-refractivity contribution >= 4 is 36.4 Å². The predicted molar refractivity (Wildman–Crippen MR) is 105 cm³/mol. The van der Waals surface area contributed by atoms with Gasteiger partial charge < -0.3 is 14.5 Å². The Morgan fingerprint density at radius 2 is 2.12 bits per heavy atom. The number of nitrogens with zero attached hydrogens (tertiary/aromatic N) is 3. The van der Waals surface area contributed by atoms with E-state index in [1.54, 1.807) is 0 Å². The molecule has 0 amide bonds. The average Bonchev–Trinajstić information content (AvgIpc) is 3.10. The standard InChI is InChI=1S/C18H24N4O2.2ClH/c1-21(12-14-11-20-16-4-2-3-9-22(14)16)13-15-10-18(17(23)24-15)5-7-19-8-6-18;;/h2-4,9,11,15,19H,5-8,10,12-13H2,1H3;2*1H. The molecule has 2 saturated heterocycles. The Morgan fingerprint density at radius 1 is 1.35 bits per heavy atom. The molecule has 0 aliphatic carbocycles. The summed E-state index contributed by atoms with van der Waals surface area (Å²) in [6.45, 7) is 3.38. The second-order valence-electron chi connectivity index (χ2n) is 7.14. The number of likely N-dealkylation sites (N-methyl/N-ethyl adjacent to an activating group) is 1. The summed E-state index contributed by atoms with van der Waals surface area (Å²) in [5, 5.41) is 3.33. The highest BCUT2D eigenvalue weighted by Gasteiger charge is 2.49. The molecule has 6 nitrogen and oxygen atoms in total. The Kier molecular flexibility index (Phi) is 6.91. The third kappa shape index (κ3) is 3.98. The molecular formula is C18H26Cl2N4O2. The summed E-state index contributed by atoms with van der Waals surface area (Å²) in [5.74, 6) is 0.0113. The number of ether oxygens (including phenoxy) is 1. The lowest BCUT2D eigenvalue weighted by Gasteiger charge is -2.29. The lowest BCUT2D eigenvalue weighted by Crippen LogP contribution is -2.39. The van der Waals surface area contributed by atoms with Gasteiger partial charge in [-0.15, -0.1) is 24.8 Å². The number of fused-ring (bicyclic) bond motifs is 1. The average molecular weight is 401 g/mol. The smallest absolute Gasteiger partial charge is 0.312 e. The van der Waals surface area contributed by atoms with Gasteiger partial charge in [-0.1, -0.05) is 6.07 Å². The van der Waals surface area contributed by atoms with E-state index in [0.29, 0.717) is 0 Å². The van der Waals surface area contributed by atoms with Gasteiger partial charge in [-0.25, -0.2) is 4.98 Å². The first kappa shape index (κ1) is 21.0. The molecule has 0 radical (unpaired) electrons. The van der Waals surface area contributed by atoms with Crippen molar-refractivity contribution in [2.75, 3.05) is 26.7 Å². The molecule has 2 aromatic heterocycles. The summed E-state index contributed by atoms with van der Waals surface area (Å²) in [7, 11) is 2.07. The number of imidazole rings is 1. The Hall–Kier alpha value is -1.34. The van der Waals surface area contributed by atoms with Gasteiger partial charge in [0.25, 0.3) is 0 Å². The number of pyridine rings is 1. The maximum Gasteiger partial charge on any atom is 0.312 e. The van der Waals surface area contributed by atoms with E-state index in [4.69, 9.17) is 4.74 Å². The van der Waals surface area contributed by atoms with E-state index >= 15 is 0 Å². The van der Waals surface area contributed by atoms with E-state index < -0.39 is 0 Å². The molecule has 2 aliphatic heterocycles. The molecule has 4 rings (SSSR count). The highest BCUT2D eigenvalue weighted by Crippen LogP contribution is 2.41. The Balaban J connectivity index is 0.00000121. The van der Waals surface area contributed by atoms with E-state index in [-0.39, 0.29) is 42.3 Å². The van der Waals surface area contributed by atoms with Gasteiger partial charge in [0.1, 0.15) is 11.8 Å². The van der Waals surface area contributed by atoms with Crippen molar-refractivity contribution in [1.82, 2.24) is 19.6 Å². The Bertz CT molecular complexity index is 746. The number of piperidine rings is 1. The first-order valence-corrected chi connectivity index (χ1v) is 8.68. The van der Waals surface area contributed by atoms with Crippen LogP contribution in [0.4, 0.5) is 0 Å². The maximum absolute atomic E-state index is 12.4. The lowest BCUT2D eigenvalue weighted by molar-refractivity contribution is -0.150. The van der Waals surface area contributed by atoms with Crippen molar-refractivity contribution in [2.24, 2.45) is 5.41 Å². The number of hydrogen-bond acceptors (Lipinski definition) is 5. The van der Waals surface area contributed by atoms with Gasteiger partial charge in [0.15, 0.2) is 0 Å². The van der Waals surface area contributed by atoms with Crippen LogP contribution in [0, 0.1) is 5.41 Å². The SMILES string of the molecule is CN(Cc1cnc2ccccn12)CC1CC2(CCNCC2)C(=O)O1.Cl.Cl. The summed E-state index contributed by atoms with van der Waals surface area (Å²) in [5.41, 5.74) is 1.87. The van der Waals surface area contributed by atoms with Crippen LogP contribution < -0.4 is 5.32 Å². The van der Waals surface area contributed by atoms with Crippen LogP contribution in [0.1, 0.15) is 25.0 Å². The second-order valence-corrected chi connectivity index (χ2v) is 7.14. The van der Waals surface area contributed by atoms with Gasteiger partial charge in [0.2, 0.25) is 0 Å². The van der Waals surface area contributed by atoms with Crippen molar-refractivity contribution in [3.63, 3.8) is 0 Å². The molecule has 2 fully saturated rings. The van der Waals surface area contributed by atoms with Crippen LogP contribution in [-0.4, -0.2) is 53.0 Å². The van der Waals surface area contributed by atoms with Crippen molar-refractivity contribution in [2.45, 2.75) is 31.9 Å². The van der Waals surface area contributed by atoms with E-state index in [1.807, 2.05) is 30.6 Å². The van der Waals surface area contributed by atoms with Crippen LogP contribution in [-0.2, 0) is 16.1 Å². The second kappa shape index (κ2) is 8.57. The zero-order valence-electron chi connectivity index (χ0n) is 14.9. The largest absolute Gasteiger partial charge is 0.461 e. The minimum Gasteiger partial charge on any atom is -0.461 e. The van der Waals surface area contributed by atoms with Gasteiger partial charge in [-0.3, -0.25) is 9.69 Å². The molecule has 1 N–H and O–H groups in total. The number of rotatable bonds is 4. The number of halogens is 2. The number of nitrogens with one attached hydrogen (secondary N) is 1. The van der Waals surface area contributed by atoms with Crippen LogP contribution in [0.5, 0.6) is 0 Å². The first-order valence-electron chi connectivity index (χ1n) is 8.68. The van der Waals surface area contributed by atoms with Crippen molar-refractivity contribution < 1.29 is 9.53 Å². The summed E-state index contributed by atoms with van der Waals surface area (Å²) >= 11 is 0. The fourth-order valence-electron chi connectivity index (χ4n) is 4.04. The van der Waals surface area contributed by atoms with Crippen LogP contribution in [0.25, 0.3) is 5.65 Å². The normalized spacial score (nSPS) is 21.5. The topological polar surface area (TPSA) is 58.9 Å². The van der Waals surface area contributed by atoms with E-state index in [9.17, 15) is 4.79 Å². The van der Waals surface area contributed by atoms with Crippen LogP contribution in [0.3, 0.4) is 0 Å². The number of carbonyl (C=O) groups is 1. The van der Waals surface area contributed by atoms with Crippen molar-refractivity contribution in [1.29, 1.82) is 0 Å². The van der Waals surface area contributed by atoms with E-state index in [0.717, 1.165) is 56.8 Å². The minimum absolute atomic E-state index is 0. The summed E-state index contributed by atoms with van der Waals surface area (Å²) < 4.78 is 7.80. The number of hydrogen-bond donors (Lipinski definition) is 1. The fraction of sp³-hybridized carbons (Fsp3) is 0.556. The summed E-state index contributed by atoms with van der Waals surface area (Å²) in [4.78, 5) is 19.0. The third-order valence-electron chi connectivity index (χ3n) is 5.33. The molecule has 1 spiro atoms. The maximum atomic E-state index is 12.4. The number of esters is 1. The number of carbonyl (C=O) groups excluding carboxylic acids is 1. The van der Waals surface area contributed by atoms with Crippen LogP contribution in [0.15, 0.2) is 30.6 Å². The number of aromatic nitrogens is 2. The molecule has 8 heteroatoms. The summed E-state index contributed by atoms with van der Waals surface area (Å²) in [6.07, 6.45) is 6.61. The molecule has 2 aliphatic rings. The monoisotopic (exact) mass is 400 g/mol. The predicted octanol–water partition coefficient (Wildman–Crippen LogP) is 2.30. The van der Waals surface area contributed by atoms with Crippen molar-refractivity contribution in [3.05, 3.63) is 36.3 Å². The van der Waals surface area contributed by atoms with E-state index in [2.05, 4.69) is 26.6 Å². The first-order chi connectivity index (χ1) is 11.7. The number of cyclic esters (lactones) is 1. The third-order valence-corrected chi connectivity index (χ3v) is 5.33. The molecule has 2 aromatic rings. The van der Waals surface area contributed by atoms with Gasteiger partial charge in [0.05, 0.1) is 17.3 Å². The molecule has 1 atom stereocenters. The molecule has 26 heavy (non-hydrogen) atoms. The highest BCUT2D eigenvalue weighted by molar-refractivity contribution is 5.85. The molecular weight excluding hydrogens is 375 g/mol. The van der Waals surface area contributed by atoms with Gasteiger partial charge in [-0.2, -0.15) is 0 Å². The van der Waals surface area contributed by atoms with Crippen molar-refractivity contribution in [3.8, 4) is 0 Å². The highest BCUT2D eigenvalue weighted by atomic mass is 35.5. The Morgan fingerprint density at radius 3 is 2.88 bits per heavy atom. The zero-order valence-corrected chi connectivity index (χ0v) is 16.5. The Labute approximate surface area is 166 Å².